The van der Waals surface area contributed by atoms with Crippen LogP contribution in [-0.2, 0) is 21.3 Å². The van der Waals surface area contributed by atoms with Gasteiger partial charge in [-0.3, -0.25) is 0 Å². The van der Waals surface area contributed by atoms with Crippen molar-refractivity contribution in [3.05, 3.63) is 29.8 Å². The van der Waals surface area contributed by atoms with Gasteiger partial charge in [-0.2, -0.15) is 0 Å². The summed E-state index contributed by atoms with van der Waals surface area (Å²) < 4.78 is 27.6. The molecule has 0 amide bonds. The van der Waals surface area contributed by atoms with Gasteiger partial charge in [0.05, 0.1) is 18.0 Å². The zero-order chi connectivity index (χ0) is 15.7. The van der Waals surface area contributed by atoms with E-state index in [1.807, 2.05) is 6.92 Å². The highest BCUT2D eigenvalue weighted by molar-refractivity contribution is 7.89. The standard InChI is InChI=1S/C13H22N4O3S/c1-3-15-13(16-7-8-20-2)17-10-11-5-4-6-12(9-11)21(14,18)19/h4-6,9H,3,7-8,10H2,1-2H3,(H2,14,18,19)(H2,15,16,17). The zero-order valence-electron chi connectivity index (χ0n) is 12.3. The Balaban J connectivity index is 2.75. The number of methoxy groups -OCH3 is 1. The SMILES string of the molecule is CCNC(=NCc1cccc(S(N)(=O)=O)c1)NCCOC. The molecule has 0 aliphatic rings. The molecular weight excluding hydrogens is 292 g/mol. The Labute approximate surface area is 125 Å². The molecule has 0 bridgehead atoms. The van der Waals surface area contributed by atoms with Gasteiger partial charge in [0.25, 0.3) is 0 Å². The number of hydrogen-bond acceptors (Lipinski definition) is 4. The topological polar surface area (TPSA) is 106 Å². The number of rotatable bonds is 7. The van der Waals surface area contributed by atoms with Gasteiger partial charge in [-0.15, -0.1) is 0 Å². The molecule has 21 heavy (non-hydrogen) atoms. The van der Waals surface area contributed by atoms with Crippen LogP contribution >= 0.6 is 0 Å². The molecule has 0 spiro atoms. The molecule has 0 fully saturated rings. The van der Waals surface area contributed by atoms with E-state index >= 15 is 0 Å². The Morgan fingerprint density at radius 3 is 2.76 bits per heavy atom. The molecular formula is C13H22N4O3S. The fourth-order valence-electron chi connectivity index (χ4n) is 1.60. The minimum atomic E-state index is -3.69. The fourth-order valence-corrected chi connectivity index (χ4v) is 2.19. The van der Waals surface area contributed by atoms with Crippen molar-refractivity contribution in [2.75, 3.05) is 26.8 Å². The summed E-state index contributed by atoms with van der Waals surface area (Å²) in [5.41, 5.74) is 0.769. The van der Waals surface area contributed by atoms with Crippen LogP contribution in [-0.4, -0.2) is 41.2 Å². The third kappa shape index (κ3) is 6.56. The summed E-state index contributed by atoms with van der Waals surface area (Å²) in [6.07, 6.45) is 0. The number of benzene rings is 1. The monoisotopic (exact) mass is 314 g/mol. The highest BCUT2D eigenvalue weighted by Crippen LogP contribution is 2.10. The quantitative estimate of drug-likeness (QED) is 0.374. The second-order valence-corrected chi connectivity index (χ2v) is 5.87. The van der Waals surface area contributed by atoms with E-state index in [-0.39, 0.29) is 4.90 Å². The van der Waals surface area contributed by atoms with Crippen LogP contribution in [0.2, 0.25) is 0 Å². The molecule has 0 aliphatic heterocycles. The zero-order valence-corrected chi connectivity index (χ0v) is 13.1. The molecule has 1 rings (SSSR count). The van der Waals surface area contributed by atoms with Gasteiger partial charge >= 0.3 is 0 Å². The summed E-state index contributed by atoms with van der Waals surface area (Å²) in [6, 6.07) is 6.44. The lowest BCUT2D eigenvalue weighted by molar-refractivity contribution is 0.203. The highest BCUT2D eigenvalue weighted by atomic mass is 32.2. The Hall–Kier alpha value is -1.64. The first kappa shape index (κ1) is 17.4. The average Bonchev–Trinajstić information content (AvgIpc) is 2.44. The first-order valence-electron chi connectivity index (χ1n) is 6.60. The predicted octanol–water partition coefficient (Wildman–Crippen LogP) is 0.0355. The van der Waals surface area contributed by atoms with Gasteiger partial charge in [-0.1, -0.05) is 12.1 Å². The van der Waals surface area contributed by atoms with Gasteiger partial charge in [0.15, 0.2) is 5.96 Å². The van der Waals surface area contributed by atoms with Crippen LogP contribution in [0.3, 0.4) is 0 Å². The maximum Gasteiger partial charge on any atom is 0.238 e. The maximum absolute atomic E-state index is 11.3. The Kier molecular flexibility index (Phi) is 7.13. The van der Waals surface area contributed by atoms with Crippen molar-refractivity contribution >= 4 is 16.0 Å². The fraction of sp³-hybridized carbons (Fsp3) is 0.462. The normalized spacial score (nSPS) is 12.2. The van der Waals surface area contributed by atoms with Crippen molar-refractivity contribution in [1.82, 2.24) is 10.6 Å². The second kappa shape index (κ2) is 8.60. The van der Waals surface area contributed by atoms with Crippen molar-refractivity contribution < 1.29 is 13.2 Å². The van der Waals surface area contributed by atoms with E-state index < -0.39 is 10.0 Å². The van der Waals surface area contributed by atoms with Gasteiger partial charge in [0, 0.05) is 20.2 Å². The number of guanidine groups is 1. The van der Waals surface area contributed by atoms with Crippen LogP contribution in [0.15, 0.2) is 34.2 Å². The molecule has 0 atom stereocenters. The highest BCUT2D eigenvalue weighted by Gasteiger charge is 2.07. The molecule has 0 saturated carbocycles. The van der Waals surface area contributed by atoms with Crippen molar-refractivity contribution in [2.24, 2.45) is 10.1 Å². The van der Waals surface area contributed by atoms with Crippen LogP contribution < -0.4 is 15.8 Å². The summed E-state index contributed by atoms with van der Waals surface area (Å²) in [7, 11) is -2.06. The third-order valence-electron chi connectivity index (χ3n) is 2.59. The minimum absolute atomic E-state index is 0.0903. The molecule has 8 heteroatoms. The summed E-state index contributed by atoms with van der Waals surface area (Å²) >= 11 is 0. The Bertz CT molecular complexity index is 573. The maximum atomic E-state index is 11.3. The van der Waals surface area contributed by atoms with E-state index in [4.69, 9.17) is 9.88 Å². The van der Waals surface area contributed by atoms with Crippen LogP contribution in [0.4, 0.5) is 0 Å². The number of nitrogens with two attached hydrogens (primary N) is 1. The molecule has 0 radical (unpaired) electrons. The molecule has 4 N–H and O–H groups in total. The van der Waals surface area contributed by atoms with E-state index in [1.54, 1.807) is 19.2 Å². The predicted molar refractivity (Wildman–Crippen MR) is 82.5 cm³/mol. The molecule has 118 valence electrons. The smallest absolute Gasteiger partial charge is 0.238 e. The molecule has 0 aliphatic carbocycles. The summed E-state index contributed by atoms with van der Waals surface area (Å²) in [5.74, 6) is 0.649. The van der Waals surface area contributed by atoms with Crippen molar-refractivity contribution in [2.45, 2.75) is 18.4 Å². The van der Waals surface area contributed by atoms with Crippen molar-refractivity contribution in [1.29, 1.82) is 0 Å². The second-order valence-electron chi connectivity index (χ2n) is 4.31. The van der Waals surface area contributed by atoms with E-state index in [1.165, 1.54) is 12.1 Å². The molecule has 0 aromatic heterocycles. The van der Waals surface area contributed by atoms with Gasteiger partial charge in [0.1, 0.15) is 0 Å². The first-order chi connectivity index (χ1) is 9.97. The summed E-state index contributed by atoms with van der Waals surface area (Å²) in [5, 5.41) is 11.3. The van der Waals surface area contributed by atoms with Crippen LogP contribution in [0.5, 0.6) is 0 Å². The van der Waals surface area contributed by atoms with E-state index in [2.05, 4.69) is 15.6 Å². The lowest BCUT2D eigenvalue weighted by atomic mass is 10.2. The van der Waals surface area contributed by atoms with Gasteiger partial charge in [-0.25, -0.2) is 18.5 Å². The average molecular weight is 314 g/mol. The van der Waals surface area contributed by atoms with E-state index in [9.17, 15) is 8.42 Å². The van der Waals surface area contributed by atoms with E-state index in [0.717, 1.165) is 12.1 Å². The van der Waals surface area contributed by atoms with E-state index in [0.29, 0.717) is 25.7 Å². The lowest BCUT2D eigenvalue weighted by Gasteiger charge is -2.10. The number of primary sulfonamides is 1. The largest absolute Gasteiger partial charge is 0.383 e. The summed E-state index contributed by atoms with van der Waals surface area (Å²) in [4.78, 5) is 4.47. The third-order valence-corrected chi connectivity index (χ3v) is 3.50. The Morgan fingerprint density at radius 1 is 1.38 bits per heavy atom. The van der Waals surface area contributed by atoms with Crippen LogP contribution in [0.1, 0.15) is 12.5 Å². The summed E-state index contributed by atoms with van der Waals surface area (Å²) in [6.45, 7) is 4.27. The van der Waals surface area contributed by atoms with Gasteiger partial charge < -0.3 is 15.4 Å². The van der Waals surface area contributed by atoms with Crippen molar-refractivity contribution in [3.63, 3.8) is 0 Å². The molecule has 1 aromatic rings. The Morgan fingerprint density at radius 2 is 2.14 bits per heavy atom. The number of sulfonamides is 1. The molecule has 0 saturated heterocycles. The number of nitrogens with zero attached hydrogens (tertiary/aromatic N) is 1. The van der Waals surface area contributed by atoms with Crippen LogP contribution in [0.25, 0.3) is 0 Å². The van der Waals surface area contributed by atoms with Gasteiger partial charge in [0.2, 0.25) is 10.0 Å². The van der Waals surface area contributed by atoms with Crippen molar-refractivity contribution in [3.8, 4) is 0 Å². The lowest BCUT2D eigenvalue weighted by Crippen LogP contribution is -2.38. The van der Waals surface area contributed by atoms with Gasteiger partial charge in [-0.05, 0) is 24.6 Å². The minimum Gasteiger partial charge on any atom is -0.383 e. The number of nitrogens with one attached hydrogen (secondary N) is 2. The molecule has 1 aromatic carbocycles. The molecule has 7 nitrogen and oxygen atoms in total. The number of ether oxygens (including phenoxy) is 1. The number of aliphatic imine (C=N–C) groups is 1. The van der Waals surface area contributed by atoms with Crippen LogP contribution in [0, 0.1) is 0 Å². The molecule has 0 heterocycles. The first-order valence-corrected chi connectivity index (χ1v) is 8.15. The molecule has 0 unspecified atom stereocenters. The number of hydrogen-bond donors (Lipinski definition) is 3.